The first-order valence-corrected chi connectivity index (χ1v) is 12.9. The summed E-state index contributed by atoms with van der Waals surface area (Å²) in [5.74, 6) is -1.05. The van der Waals surface area contributed by atoms with Gasteiger partial charge in [0.1, 0.15) is 11.6 Å². The van der Waals surface area contributed by atoms with Crippen LogP contribution >= 0.6 is 23.1 Å². The highest BCUT2D eigenvalue weighted by atomic mass is 35.5. The Morgan fingerprint density at radius 1 is 1.20 bits per heavy atom. The number of nitrogens with zero attached hydrogens (tertiary/aromatic N) is 3. The van der Waals surface area contributed by atoms with Crippen molar-refractivity contribution in [2.45, 2.75) is 12.1 Å². The van der Waals surface area contributed by atoms with Gasteiger partial charge in [0.15, 0.2) is 11.5 Å². The molecule has 13 heteroatoms. The lowest BCUT2D eigenvalue weighted by atomic mass is 10.1. The van der Waals surface area contributed by atoms with E-state index >= 15 is 0 Å². The maximum Gasteiger partial charge on any atom is 0.343 e. The maximum absolute atomic E-state index is 12.5. The molecular weight excluding hydrogens is 516 g/mol. The molecule has 2 aromatic carbocycles. The quantitative estimate of drug-likeness (QED) is 0.198. The third-order valence-corrected chi connectivity index (χ3v) is 6.03. The molecule has 0 radical (unpaired) electrons. The van der Waals surface area contributed by atoms with Crippen LogP contribution in [0, 0.1) is 11.3 Å². The maximum atomic E-state index is 12.5. The SMILES string of the molecule is CCOc1cc(C=C(C#N)C(=O)Nc2nc(S(C)(=O)=O)ns2)ccc1OC(=O)c1ccc(Cl)cc1. The lowest BCUT2D eigenvalue weighted by molar-refractivity contribution is -0.112. The van der Waals surface area contributed by atoms with Crippen LogP contribution in [0.1, 0.15) is 22.8 Å². The molecule has 0 unspecified atom stereocenters. The van der Waals surface area contributed by atoms with Gasteiger partial charge in [-0.2, -0.15) is 14.6 Å². The summed E-state index contributed by atoms with van der Waals surface area (Å²) in [4.78, 5) is 28.7. The first-order valence-electron chi connectivity index (χ1n) is 9.82. The van der Waals surface area contributed by atoms with Crippen LogP contribution in [-0.4, -0.2) is 42.5 Å². The second-order valence-electron chi connectivity index (χ2n) is 6.81. The van der Waals surface area contributed by atoms with Gasteiger partial charge in [-0.15, -0.1) is 0 Å². The smallest absolute Gasteiger partial charge is 0.343 e. The van der Waals surface area contributed by atoms with E-state index in [4.69, 9.17) is 21.1 Å². The number of rotatable bonds is 8. The monoisotopic (exact) mass is 532 g/mol. The molecular formula is C22H17ClN4O6S2. The zero-order valence-electron chi connectivity index (χ0n) is 18.3. The normalized spacial score (nSPS) is 11.4. The van der Waals surface area contributed by atoms with E-state index in [0.717, 1.165) is 6.26 Å². The molecule has 0 aliphatic heterocycles. The van der Waals surface area contributed by atoms with Crippen molar-refractivity contribution in [3.63, 3.8) is 0 Å². The summed E-state index contributed by atoms with van der Waals surface area (Å²) in [7, 11) is -3.63. The lowest BCUT2D eigenvalue weighted by Crippen LogP contribution is -2.13. The fourth-order valence-electron chi connectivity index (χ4n) is 2.60. The summed E-state index contributed by atoms with van der Waals surface area (Å²) < 4.78 is 37.6. The number of carbonyl (C=O) groups excluding carboxylic acids is 2. The Morgan fingerprint density at radius 3 is 2.51 bits per heavy atom. The van der Waals surface area contributed by atoms with Crippen molar-refractivity contribution >= 4 is 56.1 Å². The first kappa shape index (κ1) is 25.8. The number of halogens is 1. The number of anilines is 1. The second kappa shape index (κ2) is 11.1. The van der Waals surface area contributed by atoms with E-state index in [0.29, 0.717) is 27.7 Å². The molecule has 3 rings (SSSR count). The van der Waals surface area contributed by atoms with Crippen molar-refractivity contribution < 1.29 is 27.5 Å². The van der Waals surface area contributed by atoms with E-state index in [1.807, 2.05) is 0 Å². The minimum Gasteiger partial charge on any atom is -0.490 e. The number of hydrogen-bond donors (Lipinski definition) is 1. The van der Waals surface area contributed by atoms with E-state index in [9.17, 15) is 23.3 Å². The van der Waals surface area contributed by atoms with E-state index < -0.39 is 26.9 Å². The van der Waals surface area contributed by atoms with Gasteiger partial charge in [0.25, 0.3) is 11.1 Å². The summed E-state index contributed by atoms with van der Waals surface area (Å²) in [6.07, 6.45) is 2.23. The Morgan fingerprint density at radius 2 is 1.91 bits per heavy atom. The number of esters is 1. The number of sulfone groups is 1. The van der Waals surface area contributed by atoms with Crippen molar-refractivity contribution in [1.29, 1.82) is 5.26 Å². The highest BCUT2D eigenvalue weighted by Gasteiger charge is 2.18. The van der Waals surface area contributed by atoms with Gasteiger partial charge < -0.3 is 9.47 Å². The molecule has 0 aliphatic carbocycles. The van der Waals surface area contributed by atoms with Gasteiger partial charge in [0, 0.05) is 22.8 Å². The van der Waals surface area contributed by atoms with Gasteiger partial charge in [-0.05, 0) is 55.0 Å². The molecule has 0 saturated carbocycles. The molecule has 0 saturated heterocycles. The van der Waals surface area contributed by atoms with Crippen molar-refractivity contribution in [1.82, 2.24) is 9.36 Å². The molecule has 0 fully saturated rings. The Balaban J connectivity index is 1.81. The molecule has 10 nitrogen and oxygen atoms in total. The Hall–Kier alpha value is -3.79. The molecule has 0 atom stereocenters. The molecule has 1 heterocycles. The zero-order valence-corrected chi connectivity index (χ0v) is 20.7. The molecule has 0 bridgehead atoms. The van der Waals surface area contributed by atoms with E-state index in [-0.39, 0.29) is 28.8 Å². The number of amides is 1. The number of aromatic nitrogens is 2. The van der Waals surface area contributed by atoms with Crippen LogP contribution in [0.15, 0.2) is 53.2 Å². The van der Waals surface area contributed by atoms with Crippen LogP contribution in [0.2, 0.25) is 5.02 Å². The number of hydrogen-bond acceptors (Lipinski definition) is 10. The standard InChI is InChI=1S/C22H17ClN4O6S2/c1-3-32-18-11-13(4-9-17(18)33-20(29)14-5-7-16(23)8-6-14)10-15(12-24)19(28)25-21-26-22(27-34-21)35(2,30)31/h4-11H,3H2,1-2H3,(H,25,26,27,28). The average Bonchev–Trinajstić information content (AvgIpc) is 3.28. The highest BCUT2D eigenvalue weighted by Crippen LogP contribution is 2.30. The third-order valence-electron chi connectivity index (χ3n) is 4.19. The van der Waals surface area contributed by atoms with Crippen molar-refractivity contribution in [3.05, 3.63) is 64.2 Å². The summed E-state index contributed by atoms with van der Waals surface area (Å²) in [5, 5.41) is 11.8. The van der Waals surface area contributed by atoms with Crippen LogP contribution < -0.4 is 14.8 Å². The fourth-order valence-corrected chi connectivity index (χ4v) is 4.17. The van der Waals surface area contributed by atoms with Gasteiger partial charge in [0.2, 0.25) is 15.0 Å². The van der Waals surface area contributed by atoms with Crippen molar-refractivity contribution in [2.24, 2.45) is 0 Å². The Labute approximate surface area is 209 Å². The fraction of sp³-hybridized carbons (Fsp3) is 0.136. The first-order chi connectivity index (χ1) is 16.6. The van der Waals surface area contributed by atoms with Gasteiger partial charge >= 0.3 is 5.97 Å². The number of nitrogens with one attached hydrogen (secondary N) is 1. The number of carbonyl (C=O) groups is 2. The minimum absolute atomic E-state index is 0.0731. The summed E-state index contributed by atoms with van der Waals surface area (Å²) >= 11 is 6.51. The summed E-state index contributed by atoms with van der Waals surface area (Å²) in [5.41, 5.74) is 0.426. The molecule has 35 heavy (non-hydrogen) atoms. The Bertz CT molecular complexity index is 1440. The van der Waals surface area contributed by atoms with Crippen molar-refractivity contribution in [2.75, 3.05) is 18.2 Å². The second-order valence-corrected chi connectivity index (χ2v) is 9.91. The Kier molecular flexibility index (Phi) is 8.18. The average molecular weight is 533 g/mol. The number of nitriles is 1. The molecule has 180 valence electrons. The number of benzene rings is 2. The highest BCUT2D eigenvalue weighted by molar-refractivity contribution is 7.90. The van der Waals surface area contributed by atoms with E-state index in [1.54, 1.807) is 25.1 Å². The van der Waals surface area contributed by atoms with Crippen LogP contribution in [0.4, 0.5) is 5.13 Å². The number of ether oxygens (including phenoxy) is 2. The molecule has 0 spiro atoms. The zero-order chi connectivity index (χ0) is 25.6. The topological polar surface area (TPSA) is 148 Å². The van der Waals surface area contributed by atoms with Crippen LogP contribution in [0.25, 0.3) is 6.08 Å². The molecule has 1 aromatic heterocycles. The predicted molar refractivity (Wildman–Crippen MR) is 129 cm³/mol. The lowest BCUT2D eigenvalue weighted by Gasteiger charge is -2.11. The van der Waals surface area contributed by atoms with Crippen molar-refractivity contribution in [3.8, 4) is 17.6 Å². The minimum atomic E-state index is -3.63. The molecule has 3 aromatic rings. The van der Waals surface area contributed by atoms with Crippen LogP contribution in [0.5, 0.6) is 11.5 Å². The van der Waals surface area contributed by atoms with Gasteiger partial charge in [-0.3, -0.25) is 10.1 Å². The van der Waals surface area contributed by atoms with Gasteiger partial charge in [-0.25, -0.2) is 13.2 Å². The molecule has 1 amide bonds. The third kappa shape index (κ3) is 6.86. The molecule has 1 N–H and O–H groups in total. The van der Waals surface area contributed by atoms with E-state index in [2.05, 4.69) is 14.7 Å². The van der Waals surface area contributed by atoms with Gasteiger partial charge in [0.05, 0.1) is 12.2 Å². The largest absolute Gasteiger partial charge is 0.490 e. The van der Waals surface area contributed by atoms with Crippen LogP contribution in [-0.2, 0) is 14.6 Å². The molecule has 0 aliphatic rings. The summed E-state index contributed by atoms with van der Waals surface area (Å²) in [6.45, 7) is 2.01. The predicted octanol–water partition coefficient (Wildman–Crippen LogP) is 3.76. The van der Waals surface area contributed by atoms with Crippen LogP contribution in [0.3, 0.4) is 0 Å². The summed E-state index contributed by atoms with van der Waals surface area (Å²) in [6, 6.07) is 12.5. The van der Waals surface area contributed by atoms with E-state index in [1.165, 1.54) is 36.4 Å². The van der Waals surface area contributed by atoms with Gasteiger partial charge in [-0.1, -0.05) is 17.7 Å².